The van der Waals surface area contributed by atoms with Crippen molar-refractivity contribution in [2.45, 2.75) is 141 Å². The van der Waals surface area contributed by atoms with Crippen LogP contribution in [0.15, 0.2) is 278 Å². The van der Waals surface area contributed by atoms with Crippen LogP contribution in [-0.2, 0) is 49.2 Å². The SMILES string of the molecule is CC(C)S(=O)(=O)c1ccc(-c2cnc3[nH]cc(-c4ccc(F)nc4)c3n2)cc1.CC(C)S(=O)(=O)c1ccc(-c2cnc3[nH]cc(-c4cccnc4F)c3n2)cc1.CC(C)S(=O)(=O)c1ccc(-c2cnc3[nH]cc(-c4ccsc4)c3n2)cc1.Cc1ccc(-c2c[nH]c3ncc(-c4ccc(S(=O)(=O)C(C)C)cc4)nc23)s1.Cc1noc(C)c1-c1c[nH]c2ncc(-c3ccc(S(=O)(=O)C(C)C)cc3)nc12.[HH].[HH].[HH].[HH].[HH]. The molecule has 0 fully saturated rings. The molecule has 0 aliphatic heterocycles. The fourth-order valence-electron chi connectivity index (χ4n) is 14.6. The summed E-state index contributed by atoms with van der Waals surface area (Å²) in [7, 11) is -16.5. The summed E-state index contributed by atoms with van der Waals surface area (Å²) in [5, 5.41) is 5.77. The van der Waals surface area contributed by atoms with Crippen molar-refractivity contribution in [3.8, 4) is 111 Å². The van der Waals surface area contributed by atoms with Crippen molar-refractivity contribution in [2.24, 2.45) is 0 Å². The molecule has 0 saturated carbocycles. The topological polar surface area (TPSA) is 430 Å². The van der Waals surface area contributed by atoms with Gasteiger partial charge in [-0.25, -0.2) is 102 Å². The molecule has 0 bridgehead atoms. The number of hydrogen-bond acceptors (Lipinski definition) is 26. The molecule has 0 atom stereocenters. The summed E-state index contributed by atoms with van der Waals surface area (Å²) in [5.74, 6) is -0.417. The molecule has 0 aliphatic carbocycles. The maximum Gasteiger partial charge on any atom is 0.220 e. The van der Waals surface area contributed by atoms with Gasteiger partial charge in [-0.1, -0.05) is 65.8 Å². The van der Waals surface area contributed by atoms with Gasteiger partial charge < -0.3 is 29.4 Å². The van der Waals surface area contributed by atoms with Gasteiger partial charge in [0.15, 0.2) is 77.4 Å². The number of hydrogen-bond donors (Lipinski definition) is 5. The first kappa shape index (κ1) is 95.9. The van der Waals surface area contributed by atoms with E-state index in [1.165, 1.54) is 23.3 Å². The van der Waals surface area contributed by atoms with Crippen LogP contribution >= 0.6 is 22.7 Å². The Kier molecular flexibility index (Phi) is 27.4. The van der Waals surface area contributed by atoms with E-state index >= 15 is 0 Å². The highest BCUT2D eigenvalue weighted by Gasteiger charge is 2.27. The number of nitrogens with one attached hydrogen (secondary N) is 5. The number of aromatic amines is 5. The highest BCUT2D eigenvalue weighted by atomic mass is 32.2. The van der Waals surface area contributed by atoms with Crippen LogP contribution in [0, 0.1) is 32.7 Å². The molecule has 0 unspecified atom stereocenters. The van der Waals surface area contributed by atoms with Crippen molar-refractivity contribution in [1.82, 2.24) is 89.9 Å². The van der Waals surface area contributed by atoms with Gasteiger partial charge in [0.25, 0.3) is 0 Å². The zero-order valence-electron chi connectivity index (χ0n) is 76.0. The minimum atomic E-state index is -3.34. The highest BCUT2D eigenvalue weighted by Crippen LogP contribution is 2.39. The third-order valence-electron chi connectivity index (χ3n) is 22.6. The number of fused-ring (bicyclic) bond motifs is 5. The molecule has 0 saturated heterocycles. The summed E-state index contributed by atoms with van der Waals surface area (Å²) in [6.07, 6.45) is 20.2. The van der Waals surface area contributed by atoms with Crippen LogP contribution in [-0.4, -0.2) is 158 Å². The van der Waals surface area contributed by atoms with Gasteiger partial charge in [-0.05, 0) is 209 Å². The van der Waals surface area contributed by atoms with E-state index in [9.17, 15) is 50.9 Å². The number of rotatable bonds is 20. The van der Waals surface area contributed by atoms with Crippen LogP contribution < -0.4 is 0 Å². The average Bonchev–Trinajstić information content (AvgIpc) is 1.62. The molecular weight excluding hydrogens is 1880 g/mol. The second-order valence-corrected chi connectivity index (χ2v) is 47.8. The quantitative estimate of drug-likeness (QED) is 0.0442. The third-order valence-corrected chi connectivity index (χ3v) is 35.2. The normalized spacial score (nSPS) is 12.1. The van der Waals surface area contributed by atoms with Gasteiger partial charge in [0.2, 0.25) is 11.9 Å². The van der Waals surface area contributed by atoms with Crippen molar-refractivity contribution < 1.29 is 62.5 Å². The van der Waals surface area contributed by atoms with Gasteiger partial charge in [0.1, 0.15) is 33.3 Å². The largest absolute Gasteiger partial charge is 0.361 e. The molecule has 5 N–H and O–H groups in total. The Labute approximate surface area is 803 Å². The summed E-state index contributed by atoms with van der Waals surface area (Å²) < 4.78 is 155. The zero-order chi connectivity index (χ0) is 97.3. The van der Waals surface area contributed by atoms with E-state index in [0.717, 1.165) is 99.7 Å². The van der Waals surface area contributed by atoms with Crippen molar-refractivity contribution in [1.29, 1.82) is 0 Å². The Morgan fingerprint density at radius 1 is 0.328 bits per heavy atom. The Morgan fingerprint density at radius 2 is 0.650 bits per heavy atom. The predicted molar refractivity (Wildman–Crippen MR) is 542 cm³/mol. The van der Waals surface area contributed by atoms with Crippen LogP contribution in [0.5, 0.6) is 0 Å². The maximum absolute atomic E-state index is 14.1. The lowest BCUT2D eigenvalue weighted by atomic mass is 10.1. The molecule has 20 aromatic rings. The number of thiophene rings is 2. The van der Waals surface area contributed by atoms with E-state index in [1.54, 1.807) is 275 Å². The number of benzene rings is 5. The van der Waals surface area contributed by atoms with Crippen molar-refractivity contribution >= 4 is 128 Å². The molecule has 38 heteroatoms. The fraction of sp³-hybridized carbons (Fsp3) is 0.182. The number of halogens is 2. The van der Waals surface area contributed by atoms with E-state index in [0.29, 0.717) is 93.5 Å². The van der Waals surface area contributed by atoms with Crippen molar-refractivity contribution in [3.05, 3.63) is 277 Å². The first-order valence-corrected chi connectivity index (χ1v) is 52.5. The van der Waals surface area contributed by atoms with Crippen molar-refractivity contribution in [2.75, 3.05) is 0 Å². The van der Waals surface area contributed by atoms with E-state index in [1.807, 2.05) is 43.9 Å². The molecule has 0 radical (unpaired) electrons. The zero-order valence-corrected chi connectivity index (χ0v) is 81.7. The Morgan fingerprint density at radius 3 is 0.956 bits per heavy atom. The molecule has 137 heavy (non-hydrogen) atoms. The third kappa shape index (κ3) is 19.9. The van der Waals surface area contributed by atoms with E-state index < -0.39 is 87.3 Å². The Balaban J connectivity index is 0.000000168. The molecule has 0 amide bonds. The summed E-state index contributed by atoms with van der Waals surface area (Å²) in [4.78, 5) is 72.4. The molecular formula is C99H100F2N18O11S7. The second-order valence-electron chi connectivity index (χ2n) is 33.2. The number of H-pyrrole nitrogens is 5. The molecule has 15 aromatic heterocycles. The number of aryl methyl sites for hydroxylation is 3. The van der Waals surface area contributed by atoms with Gasteiger partial charge in [0.05, 0.1) is 121 Å². The maximum atomic E-state index is 14.1. The lowest BCUT2D eigenvalue weighted by molar-refractivity contribution is 0.393. The smallest absolute Gasteiger partial charge is 0.220 e. The monoisotopic (exact) mass is 1980 g/mol. The number of pyridine rings is 2. The van der Waals surface area contributed by atoms with Gasteiger partial charge in [-0.15, -0.1) is 11.3 Å². The van der Waals surface area contributed by atoms with Gasteiger partial charge >= 0.3 is 0 Å². The van der Waals surface area contributed by atoms with Crippen molar-refractivity contribution in [3.63, 3.8) is 0 Å². The molecule has 0 aliphatic rings. The lowest BCUT2D eigenvalue weighted by Gasteiger charge is -2.08. The van der Waals surface area contributed by atoms with Crippen LogP contribution in [0.4, 0.5) is 8.78 Å². The summed E-state index contributed by atoms with van der Waals surface area (Å²) in [6.45, 7) is 22.5. The molecule has 15 heterocycles. The van der Waals surface area contributed by atoms with E-state index in [-0.39, 0.29) is 16.9 Å². The van der Waals surface area contributed by atoms with E-state index in [4.69, 9.17) is 19.5 Å². The Bertz CT molecular complexity index is 8470. The predicted octanol–water partition coefficient (Wildman–Crippen LogP) is 22.7. The Hall–Kier alpha value is -14.3. The van der Waals surface area contributed by atoms with Gasteiger partial charge in [0, 0.05) is 127 Å². The average molecular weight is 1980 g/mol. The number of sulfone groups is 5. The summed E-state index contributed by atoms with van der Waals surface area (Å²) in [5.41, 5.74) is 22.0. The minimum Gasteiger partial charge on any atom is -0.361 e. The number of aromatic nitrogens is 18. The van der Waals surface area contributed by atoms with Crippen LogP contribution in [0.1, 0.15) is 92.7 Å². The minimum absolute atomic E-state index is 0. The van der Waals surface area contributed by atoms with Crippen LogP contribution in [0.3, 0.4) is 0 Å². The van der Waals surface area contributed by atoms with Gasteiger partial charge in [-0.2, -0.15) is 20.1 Å². The van der Waals surface area contributed by atoms with E-state index in [2.05, 4.69) is 99.4 Å². The second kappa shape index (κ2) is 39.2. The van der Waals surface area contributed by atoms with Gasteiger partial charge in [-0.3, -0.25) is 0 Å². The lowest BCUT2D eigenvalue weighted by Crippen LogP contribution is -2.13. The summed E-state index contributed by atoms with van der Waals surface area (Å²) >= 11 is 3.35. The highest BCUT2D eigenvalue weighted by molar-refractivity contribution is 7.93. The molecule has 708 valence electrons. The fourth-order valence-corrected chi connectivity index (χ4v) is 21.4. The number of nitrogens with zero attached hydrogens (tertiary/aromatic N) is 13. The first-order valence-electron chi connectivity index (χ1n) is 43.0. The van der Waals surface area contributed by atoms with Crippen LogP contribution in [0.2, 0.25) is 0 Å². The molecule has 20 rings (SSSR count). The van der Waals surface area contributed by atoms with Crippen LogP contribution in [0.25, 0.3) is 167 Å². The standard InChI is InChI=1S/2C20H17FN4O2S.C20H20N4O3S.C20H19N3O2S2.C19H17N3O2S2.5H2/c1-12(2)28(26,27)15-6-3-13(4-7-15)17-11-24-20-19(25-17)16(10-23-20)14-5-8-18(21)22-9-14;1-12(2)28(26,27)14-7-5-13(6-8-14)17-11-24-20-18(25-17)16(10-23-20)15-4-3-9-22-19(15)21;1-11(2)28(25,26)15-7-5-14(6-8-15)17-10-22-20-19(23-17)16(9-21-20)18-12(3)24-27-13(18)4;1-12(2)27(24,25)15-7-5-14(6-8-15)17-11-22-20-19(23-17)16(10-21-20)18-9-4-13(3)26-18;1-12(2)26(23,24)15-5-3-13(4-6-15)17-10-21-19-18(22-17)16(9-20-19)14-7-8-25-11-14;;;;;/h2*3-12H,1-2H3,(H,23,24);5-11H,1-4H3,(H,21,22);4-12H,1-3H3,(H,21,22);3-12H,1-2H3,(H,20,21);5*1H. The molecule has 0 spiro atoms. The first-order chi connectivity index (χ1) is 65.3. The summed E-state index contributed by atoms with van der Waals surface area (Å²) in [6, 6.07) is 46.0. The molecule has 29 nitrogen and oxygen atoms in total. The molecule has 5 aromatic carbocycles.